The molecule has 2 aliphatic heterocycles. The van der Waals surface area contributed by atoms with Crippen LogP contribution in [-0.4, -0.2) is 69.6 Å². The molecule has 1 aliphatic carbocycles. The van der Waals surface area contributed by atoms with Crippen molar-refractivity contribution in [3.63, 3.8) is 0 Å². The first-order chi connectivity index (χ1) is 15.4. The monoisotopic (exact) mass is 455 g/mol. The Bertz CT molecular complexity index is 1050. The van der Waals surface area contributed by atoms with Gasteiger partial charge in [-0.1, -0.05) is 54.6 Å². The molecule has 2 aromatic rings. The zero-order chi connectivity index (χ0) is 22.3. The Morgan fingerprint density at radius 2 is 1.81 bits per heavy atom. The standard InChI is InChI=1S/C25H33N3O3S/c1-27(2)32(29,30)26-24-23(28(17-22-11-14-31-22)18-25(24)12-13-25)16-19-7-6-10-21(15-19)20-8-4-3-5-9-20/h3-10,15,22-24,26H,11-14,16-18H2,1-2H3/t22?,23-,24+/m0/s1. The minimum absolute atomic E-state index is 0.0501. The van der Waals surface area contributed by atoms with Gasteiger partial charge in [-0.3, -0.25) is 4.90 Å². The van der Waals surface area contributed by atoms with Gasteiger partial charge >= 0.3 is 0 Å². The fourth-order valence-electron chi connectivity index (χ4n) is 5.23. The third-order valence-corrected chi connectivity index (χ3v) is 8.90. The van der Waals surface area contributed by atoms with Crippen LogP contribution in [0.1, 0.15) is 24.8 Å². The van der Waals surface area contributed by atoms with E-state index in [9.17, 15) is 8.42 Å². The largest absolute Gasteiger partial charge is 0.377 e. The van der Waals surface area contributed by atoms with Gasteiger partial charge in [-0.05, 0) is 42.4 Å². The van der Waals surface area contributed by atoms with E-state index in [0.29, 0.717) is 0 Å². The van der Waals surface area contributed by atoms with E-state index in [1.54, 1.807) is 14.1 Å². The van der Waals surface area contributed by atoms with E-state index in [1.807, 2.05) is 6.07 Å². The molecule has 0 aromatic heterocycles. The lowest BCUT2D eigenvalue weighted by Gasteiger charge is -2.35. The molecular formula is C25H33N3O3S. The molecule has 2 aromatic carbocycles. The van der Waals surface area contributed by atoms with E-state index in [4.69, 9.17) is 4.74 Å². The van der Waals surface area contributed by atoms with E-state index in [1.165, 1.54) is 21.0 Å². The first-order valence-electron chi connectivity index (χ1n) is 11.6. The predicted molar refractivity (Wildman–Crippen MR) is 126 cm³/mol. The normalized spacial score (nSPS) is 27.0. The molecule has 1 N–H and O–H groups in total. The smallest absolute Gasteiger partial charge is 0.279 e. The molecule has 0 radical (unpaired) electrons. The van der Waals surface area contributed by atoms with Crippen molar-refractivity contribution in [2.45, 2.75) is 43.9 Å². The topological polar surface area (TPSA) is 61.9 Å². The van der Waals surface area contributed by atoms with E-state index >= 15 is 0 Å². The SMILES string of the molecule is CN(C)S(=O)(=O)N[C@@H]1[C@H](Cc2cccc(-c3ccccc3)c2)N(CC2CCO2)CC12CC2. The van der Waals surface area contributed by atoms with Gasteiger partial charge in [0, 0.05) is 51.3 Å². The molecule has 7 heteroatoms. The third-order valence-electron chi connectivity index (χ3n) is 7.39. The molecule has 2 heterocycles. The van der Waals surface area contributed by atoms with Gasteiger partial charge in [0.1, 0.15) is 0 Å². The molecule has 1 unspecified atom stereocenters. The van der Waals surface area contributed by atoms with Crippen molar-refractivity contribution in [2.75, 3.05) is 33.8 Å². The van der Waals surface area contributed by atoms with Gasteiger partial charge in [0.05, 0.1) is 6.10 Å². The van der Waals surface area contributed by atoms with Crippen molar-refractivity contribution in [1.29, 1.82) is 0 Å². The number of likely N-dealkylation sites (tertiary alicyclic amines) is 1. The van der Waals surface area contributed by atoms with E-state index < -0.39 is 10.2 Å². The van der Waals surface area contributed by atoms with Crippen molar-refractivity contribution in [3.05, 3.63) is 60.2 Å². The number of nitrogens with zero attached hydrogens (tertiary/aromatic N) is 2. The molecule has 3 aliphatic rings. The number of benzene rings is 2. The highest BCUT2D eigenvalue weighted by molar-refractivity contribution is 7.87. The summed E-state index contributed by atoms with van der Waals surface area (Å²) < 4.78 is 35.7. The zero-order valence-corrected chi connectivity index (χ0v) is 19.7. The molecule has 2 saturated heterocycles. The summed E-state index contributed by atoms with van der Waals surface area (Å²) in [5.74, 6) is 0. The Morgan fingerprint density at radius 1 is 1.09 bits per heavy atom. The summed E-state index contributed by atoms with van der Waals surface area (Å²) in [6.07, 6.45) is 4.34. The van der Waals surface area contributed by atoms with E-state index in [0.717, 1.165) is 45.4 Å². The lowest BCUT2D eigenvalue weighted by molar-refractivity contribution is -0.0689. The fraction of sp³-hybridized carbons (Fsp3) is 0.520. The van der Waals surface area contributed by atoms with Crippen LogP contribution in [-0.2, 0) is 21.4 Å². The van der Waals surface area contributed by atoms with Crippen molar-refractivity contribution in [1.82, 2.24) is 13.9 Å². The third kappa shape index (κ3) is 4.37. The van der Waals surface area contributed by atoms with Crippen LogP contribution in [0.25, 0.3) is 11.1 Å². The molecular weight excluding hydrogens is 422 g/mol. The summed E-state index contributed by atoms with van der Waals surface area (Å²) >= 11 is 0. The molecule has 0 bridgehead atoms. The first-order valence-corrected chi connectivity index (χ1v) is 13.0. The maximum Gasteiger partial charge on any atom is 0.279 e. The second kappa shape index (κ2) is 8.54. The summed E-state index contributed by atoms with van der Waals surface area (Å²) in [5, 5.41) is 0. The summed E-state index contributed by atoms with van der Waals surface area (Å²) in [6.45, 7) is 2.66. The van der Waals surface area contributed by atoms with Gasteiger partial charge in [-0.2, -0.15) is 17.4 Å². The number of nitrogens with one attached hydrogen (secondary N) is 1. The summed E-state index contributed by atoms with van der Waals surface area (Å²) in [5.41, 5.74) is 3.68. The van der Waals surface area contributed by atoms with E-state index in [2.05, 4.69) is 58.2 Å². The van der Waals surface area contributed by atoms with Gasteiger partial charge in [-0.25, -0.2) is 0 Å². The summed E-state index contributed by atoms with van der Waals surface area (Å²) in [7, 11) is -0.322. The lowest BCUT2D eigenvalue weighted by Crippen LogP contribution is -2.52. The van der Waals surface area contributed by atoms with Crippen LogP contribution in [0.5, 0.6) is 0 Å². The highest BCUT2D eigenvalue weighted by atomic mass is 32.2. The van der Waals surface area contributed by atoms with Crippen molar-refractivity contribution >= 4 is 10.2 Å². The second-order valence-corrected chi connectivity index (χ2v) is 11.7. The maximum atomic E-state index is 12.8. The molecule has 5 rings (SSSR count). The van der Waals surface area contributed by atoms with Crippen LogP contribution in [0.4, 0.5) is 0 Å². The Kier molecular flexibility index (Phi) is 5.88. The number of rotatable bonds is 8. The molecule has 1 spiro atoms. The molecule has 3 atom stereocenters. The van der Waals surface area contributed by atoms with Gasteiger partial charge in [0.15, 0.2) is 0 Å². The molecule has 32 heavy (non-hydrogen) atoms. The maximum absolute atomic E-state index is 12.8. The molecule has 0 amide bonds. The number of hydrogen-bond acceptors (Lipinski definition) is 4. The van der Waals surface area contributed by atoms with Crippen molar-refractivity contribution in [3.8, 4) is 11.1 Å². The average molecular weight is 456 g/mol. The molecule has 1 saturated carbocycles. The van der Waals surface area contributed by atoms with Crippen molar-refractivity contribution in [2.24, 2.45) is 5.41 Å². The lowest BCUT2D eigenvalue weighted by atomic mass is 9.91. The average Bonchev–Trinajstić information content (AvgIpc) is 3.48. The summed E-state index contributed by atoms with van der Waals surface area (Å²) in [4.78, 5) is 2.49. The van der Waals surface area contributed by atoms with Crippen LogP contribution >= 0.6 is 0 Å². The van der Waals surface area contributed by atoms with Crippen LogP contribution in [0.2, 0.25) is 0 Å². The minimum atomic E-state index is -3.51. The van der Waals surface area contributed by atoms with Gasteiger partial charge < -0.3 is 4.74 Å². The predicted octanol–water partition coefficient (Wildman–Crippen LogP) is 2.91. The number of hydrogen-bond donors (Lipinski definition) is 1. The highest BCUT2D eigenvalue weighted by Gasteiger charge is 2.60. The van der Waals surface area contributed by atoms with Crippen LogP contribution in [0, 0.1) is 5.41 Å². The Balaban J connectivity index is 1.43. The zero-order valence-electron chi connectivity index (χ0n) is 18.9. The Hall–Kier alpha value is -1.77. The van der Waals surface area contributed by atoms with Gasteiger partial charge in [0.25, 0.3) is 10.2 Å². The van der Waals surface area contributed by atoms with Crippen LogP contribution in [0.15, 0.2) is 54.6 Å². The number of ether oxygens (including phenoxy) is 1. The van der Waals surface area contributed by atoms with Crippen LogP contribution in [0.3, 0.4) is 0 Å². The van der Waals surface area contributed by atoms with Gasteiger partial charge in [-0.15, -0.1) is 0 Å². The van der Waals surface area contributed by atoms with E-state index in [-0.39, 0.29) is 23.6 Å². The quantitative estimate of drug-likeness (QED) is 0.665. The molecule has 172 valence electrons. The first kappa shape index (κ1) is 22.0. The Labute approximate surface area is 191 Å². The van der Waals surface area contributed by atoms with Crippen LogP contribution < -0.4 is 4.72 Å². The molecule has 6 nitrogen and oxygen atoms in total. The minimum Gasteiger partial charge on any atom is -0.377 e. The van der Waals surface area contributed by atoms with Crippen molar-refractivity contribution < 1.29 is 13.2 Å². The Morgan fingerprint density at radius 3 is 2.44 bits per heavy atom. The fourth-order valence-corrected chi connectivity index (χ4v) is 6.16. The highest BCUT2D eigenvalue weighted by Crippen LogP contribution is 2.55. The summed E-state index contributed by atoms with van der Waals surface area (Å²) in [6, 6.07) is 19.1. The second-order valence-electron chi connectivity index (χ2n) is 9.79. The molecule has 3 fully saturated rings. The van der Waals surface area contributed by atoms with Gasteiger partial charge in [0.2, 0.25) is 0 Å².